The van der Waals surface area contributed by atoms with Crippen LogP contribution in [0.5, 0.6) is 0 Å². The molecule has 116 valence electrons. The molecule has 0 radical (unpaired) electrons. The molecule has 6 heteroatoms. The van der Waals surface area contributed by atoms with Crippen LogP contribution in [-0.4, -0.2) is 35.5 Å². The molecule has 0 amide bonds. The molecule has 1 unspecified atom stereocenters. The lowest BCUT2D eigenvalue weighted by atomic mass is 10.0. The first-order chi connectivity index (χ1) is 10.1. The van der Waals surface area contributed by atoms with E-state index in [-0.39, 0.29) is 5.69 Å². The average Bonchev–Trinajstić information content (AvgIpc) is 2.46. The molecule has 0 bridgehead atoms. The maximum atomic E-state index is 11.0. The molecular weight excluding hydrogens is 290 g/mol. The summed E-state index contributed by atoms with van der Waals surface area (Å²) in [5.74, 6) is 0. The van der Waals surface area contributed by atoms with Crippen LogP contribution in [0.25, 0.3) is 0 Å². The van der Waals surface area contributed by atoms with Gasteiger partial charge in [0.15, 0.2) is 0 Å². The summed E-state index contributed by atoms with van der Waals surface area (Å²) in [6.07, 6.45) is 4.85. The minimum Gasteiger partial charge on any atom is -0.379 e. The maximum absolute atomic E-state index is 11.0. The number of nitro benzene ring substituents is 1. The highest BCUT2D eigenvalue weighted by Crippen LogP contribution is 2.27. The van der Waals surface area contributed by atoms with E-state index in [0.717, 1.165) is 19.5 Å². The molecule has 1 aliphatic heterocycles. The molecule has 1 heterocycles. The van der Waals surface area contributed by atoms with Crippen LogP contribution in [-0.2, 0) is 0 Å². The van der Waals surface area contributed by atoms with Gasteiger partial charge in [0.2, 0.25) is 0 Å². The second kappa shape index (κ2) is 7.61. The van der Waals surface area contributed by atoms with Gasteiger partial charge >= 0.3 is 0 Å². The molecule has 5 nitrogen and oxygen atoms in total. The molecule has 1 saturated heterocycles. The van der Waals surface area contributed by atoms with Crippen molar-refractivity contribution in [3.63, 3.8) is 0 Å². The summed E-state index contributed by atoms with van der Waals surface area (Å²) in [6.45, 7) is 5.21. The van der Waals surface area contributed by atoms with Gasteiger partial charge < -0.3 is 10.2 Å². The molecule has 1 aromatic carbocycles. The van der Waals surface area contributed by atoms with E-state index in [2.05, 4.69) is 17.1 Å². The Hall–Kier alpha value is -1.33. The third kappa shape index (κ3) is 4.58. The fourth-order valence-corrected chi connectivity index (χ4v) is 2.97. The molecule has 0 saturated carbocycles. The molecule has 1 aliphatic rings. The third-order valence-corrected chi connectivity index (χ3v) is 4.27. The maximum Gasteiger partial charge on any atom is 0.293 e. The van der Waals surface area contributed by atoms with E-state index < -0.39 is 4.92 Å². The van der Waals surface area contributed by atoms with Crippen LogP contribution in [0.15, 0.2) is 18.2 Å². The highest BCUT2D eigenvalue weighted by Gasteiger charge is 2.17. The fraction of sp³-hybridized carbons (Fsp3) is 0.600. The van der Waals surface area contributed by atoms with Crippen LogP contribution in [0.3, 0.4) is 0 Å². The molecular formula is C15H22ClN3O2. The van der Waals surface area contributed by atoms with Crippen molar-refractivity contribution in [2.45, 2.75) is 38.6 Å². The molecule has 1 aromatic rings. The Morgan fingerprint density at radius 2 is 2.29 bits per heavy atom. The smallest absolute Gasteiger partial charge is 0.293 e. The van der Waals surface area contributed by atoms with Crippen molar-refractivity contribution in [1.29, 1.82) is 0 Å². The topological polar surface area (TPSA) is 58.4 Å². The lowest BCUT2D eigenvalue weighted by Gasteiger charge is -2.33. The van der Waals surface area contributed by atoms with E-state index in [1.54, 1.807) is 12.1 Å². The summed E-state index contributed by atoms with van der Waals surface area (Å²) in [5, 5.41) is 14.5. The van der Waals surface area contributed by atoms with Crippen LogP contribution in [0.1, 0.15) is 32.6 Å². The first-order valence-corrected chi connectivity index (χ1v) is 7.87. The zero-order chi connectivity index (χ0) is 15.2. The van der Waals surface area contributed by atoms with Crippen molar-refractivity contribution in [3.05, 3.63) is 33.3 Å². The van der Waals surface area contributed by atoms with Crippen LogP contribution >= 0.6 is 11.6 Å². The van der Waals surface area contributed by atoms with Gasteiger partial charge in [0, 0.05) is 30.2 Å². The first-order valence-electron chi connectivity index (χ1n) is 7.50. The van der Waals surface area contributed by atoms with Crippen LogP contribution in [0.2, 0.25) is 5.02 Å². The number of hydrogen-bond acceptors (Lipinski definition) is 4. The van der Waals surface area contributed by atoms with Gasteiger partial charge in [-0.1, -0.05) is 18.0 Å². The molecule has 1 fully saturated rings. The van der Waals surface area contributed by atoms with E-state index in [1.807, 2.05) is 0 Å². The second-order valence-corrected chi connectivity index (χ2v) is 6.02. The van der Waals surface area contributed by atoms with E-state index in [9.17, 15) is 10.1 Å². The van der Waals surface area contributed by atoms with Gasteiger partial charge in [0.05, 0.1) is 4.92 Å². The van der Waals surface area contributed by atoms with E-state index in [1.165, 1.54) is 31.9 Å². The lowest BCUT2D eigenvalue weighted by Crippen LogP contribution is -2.38. The number of rotatable bonds is 6. The Balaban J connectivity index is 1.82. The minimum absolute atomic E-state index is 0.0360. The van der Waals surface area contributed by atoms with E-state index in [4.69, 9.17) is 11.6 Å². The molecule has 2 rings (SSSR count). The fourth-order valence-electron chi connectivity index (χ4n) is 2.80. The van der Waals surface area contributed by atoms with Gasteiger partial charge in [-0.2, -0.15) is 0 Å². The first kappa shape index (κ1) is 16.0. The summed E-state index contributed by atoms with van der Waals surface area (Å²) < 4.78 is 0. The molecule has 21 heavy (non-hydrogen) atoms. The van der Waals surface area contributed by atoms with Crippen molar-refractivity contribution in [1.82, 2.24) is 4.90 Å². The third-order valence-electron chi connectivity index (χ3n) is 4.03. The minimum atomic E-state index is -0.402. The van der Waals surface area contributed by atoms with Gasteiger partial charge in [0.25, 0.3) is 5.69 Å². The number of nitrogens with zero attached hydrogens (tertiary/aromatic N) is 2. The van der Waals surface area contributed by atoms with E-state index >= 15 is 0 Å². The average molecular weight is 312 g/mol. The van der Waals surface area contributed by atoms with Crippen LogP contribution in [0.4, 0.5) is 11.4 Å². The lowest BCUT2D eigenvalue weighted by molar-refractivity contribution is -0.383. The Kier molecular flexibility index (Phi) is 5.82. The van der Waals surface area contributed by atoms with Gasteiger partial charge in [-0.05, 0) is 44.9 Å². The monoisotopic (exact) mass is 311 g/mol. The SMILES string of the molecule is CC1CCCCN1CCCNc1ccc(Cl)cc1[N+](=O)[O-]. The second-order valence-electron chi connectivity index (χ2n) is 5.58. The summed E-state index contributed by atoms with van der Waals surface area (Å²) in [5.41, 5.74) is 0.574. The van der Waals surface area contributed by atoms with Gasteiger partial charge in [-0.15, -0.1) is 0 Å². The van der Waals surface area contributed by atoms with Gasteiger partial charge in [-0.25, -0.2) is 0 Å². The quantitative estimate of drug-likeness (QED) is 0.491. The van der Waals surface area contributed by atoms with Crippen LogP contribution < -0.4 is 5.32 Å². The van der Waals surface area contributed by atoms with E-state index in [0.29, 0.717) is 16.8 Å². The predicted octanol–water partition coefficient (Wildman–Crippen LogP) is 3.92. The summed E-state index contributed by atoms with van der Waals surface area (Å²) >= 11 is 5.80. The summed E-state index contributed by atoms with van der Waals surface area (Å²) in [7, 11) is 0. The summed E-state index contributed by atoms with van der Waals surface area (Å²) in [4.78, 5) is 13.1. The highest BCUT2D eigenvalue weighted by atomic mass is 35.5. The number of benzene rings is 1. The molecule has 0 aliphatic carbocycles. The predicted molar refractivity (Wildman–Crippen MR) is 86.1 cm³/mol. The Morgan fingerprint density at radius 1 is 1.48 bits per heavy atom. The zero-order valence-electron chi connectivity index (χ0n) is 12.3. The number of likely N-dealkylation sites (tertiary alicyclic amines) is 1. The molecule has 0 spiro atoms. The number of hydrogen-bond donors (Lipinski definition) is 1. The zero-order valence-corrected chi connectivity index (χ0v) is 13.1. The molecule has 0 aromatic heterocycles. The Bertz CT molecular complexity index is 496. The van der Waals surface area contributed by atoms with Gasteiger partial charge in [-0.3, -0.25) is 10.1 Å². The Labute approximate surface area is 130 Å². The number of nitro groups is 1. The van der Waals surface area contributed by atoms with Crippen molar-refractivity contribution in [2.24, 2.45) is 0 Å². The standard InChI is InChI=1S/C15H22ClN3O2/c1-12-5-2-3-9-18(12)10-4-8-17-14-7-6-13(16)11-15(14)19(20)21/h6-7,11-12,17H,2-5,8-10H2,1H3. The highest BCUT2D eigenvalue weighted by molar-refractivity contribution is 6.30. The van der Waals surface area contributed by atoms with Crippen LogP contribution in [0, 0.1) is 10.1 Å². The molecule has 1 N–H and O–H groups in total. The Morgan fingerprint density at radius 3 is 3.00 bits per heavy atom. The number of piperidine rings is 1. The largest absolute Gasteiger partial charge is 0.379 e. The number of halogens is 1. The number of nitrogens with one attached hydrogen (secondary N) is 1. The van der Waals surface area contributed by atoms with Crippen molar-refractivity contribution in [3.8, 4) is 0 Å². The van der Waals surface area contributed by atoms with Crippen molar-refractivity contribution in [2.75, 3.05) is 25.0 Å². The molecule has 1 atom stereocenters. The number of anilines is 1. The summed E-state index contributed by atoms with van der Waals surface area (Å²) in [6, 6.07) is 5.38. The normalized spacial score (nSPS) is 19.4. The van der Waals surface area contributed by atoms with Crippen molar-refractivity contribution >= 4 is 23.0 Å². The van der Waals surface area contributed by atoms with Crippen molar-refractivity contribution < 1.29 is 4.92 Å². The van der Waals surface area contributed by atoms with Gasteiger partial charge in [0.1, 0.15) is 5.69 Å².